The van der Waals surface area contributed by atoms with Crippen molar-refractivity contribution in [3.8, 4) is 5.75 Å². The Morgan fingerprint density at radius 3 is 2.38 bits per heavy atom. The first-order valence-corrected chi connectivity index (χ1v) is 8.46. The Bertz CT molecular complexity index is 647. The molecule has 2 aromatic carbocycles. The topological polar surface area (TPSA) is 41.6 Å². The second-order valence-corrected chi connectivity index (χ2v) is 6.24. The molecule has 2 aromatic rings. The Hall–Kier alpha value is -2.33. The highest BCUT2D eigenvalue weighted by Gasteiger charge is 2.21. The van der Waals surface area contributed by atoms with Crippen molar-refractivity contribution in [2.24, 2.45) is 0 Å². The van der Waals surface area contributed by atoms with Gasteiger partial charge in [0, 0.05) is 5.69 Å². The minimum absolute atomic E-state index is 0.0401. The van der Waals surface area contributed by atoms with Gasteiger partial charge >= 0.3 is 0 Å². The number of piperidine rings is 1. The Balaban J connectivity index is 1.46. The van der Waals surface area contributed by atoms with Crippen LogP contribution in [-0.2, 0) is 4.79 Å². The van der Waals surface area contributed by atoms with Crippen LogP contribution < -0.4 is 10.1 Å². The summed E-state index contributed by atoms with van der Waals surface area (Å²) in [5, 5.41) is 2.95. The van der Waals surface area contributed by atoms with Gasteiger partial charge in [0.15, 0.2) is 0 Å². The minimum atomic E-state index is 0.0401. The molecule has 0 bridgehead atoms. The number of likely N-dealkylation sites (tertiary alicyclic amines) is 1. The standard InChI is InChI=1S/C20H24N2O2/c1-24-19-9-7-18(8-10-19)21-20(23)15-22-13-11-17(12-14-22)16-5-3-2-4-6-16/h2-10,17H,11-15H2,1H3,(H,21,23). The Kier molecular flexibility index (Phi) is 5.49. The molecule has 0 saturated carbocycles. The Morgan fingerprint density at radius 2 is 1.75 bits per heavy atom. The van der Waals surface area contributed by atoms with E-state index < -0.39 is 0 Å². The molecule has 1 saturated heterocycles. The van der Waals surface area contributed by atoms with Gasteiger partial charge in [-0.15, -0.1) is 0 Å². The zero-order valence-corrected chi connectivity index (χ0v) is 14.1. The number of hydrogen-bond acceptors (Lipinski definition) is 3. The molecular formula is C20H24N2O2. The highest BCUT2D eigenvalue weighted by Crippen LogP contribution is 2.27. The van der Waals surface area contributed by atoms with Crippen LogP contribution >= 0.6 is 0 Å². The van der Waals surface area contributed by atoms with Crippen LogP contribution in [0.3, 0.4) is 0 Å². The molecule has 0 radical (unpaired) electrons. The van der Waals surface area contributed by atoms with Crippen LogP contribution in [0.4, 0.5) is 5.69 Å². The van der Waals surface area contributed by atoms with Crippen LogP contribution in [0, 0.1) is 0 Å². The number of ether oxygens (including phenoxy) is 1. The van der Waals surface area contributed by atoms with E-state index >= 15 is 0 Å². The Labute approximate surface area is 143 Å². The van der Waals surface area contributed by atoms with E-state index in [2.05, 4.69) is 40.5 Å². The molecule has 0 unspecified atom stereocenters. The molecule has 0 spiro atoms. The fourth-order valence-electron chi connectivity index (χ4n) is 3.23. The molecule has 1 aliphatic rings. The number of carbonyl (C=O) groups is 1. The van der Waals surface area contributed by atoms with E-state index in [1.807, 2.05) is 24.3 Å². The molecule has 126 valence electrons. The van der Waals surface area contributed by atoms with Gasteiger partial charge in [0.1, 0.15) is 5.75 Å². The third kappa shape index (κ3) is 4.36. The van der Waals surface area contributed by atoms with Crippen molar-refractivity contribution in [1.82, 2.24) is 4.90 Å². The van der Waals surface area contributed by atoms with Crippen molar-refractivity contribution in [1.29, 1.82) is 0 Å². The molecule has 4 nitrogen and oxygen atoms in total. The van der Waals surface area contributed by atoms with Crippen LogP contribution in [0.1, 0.15) is 24.3 Å². The lowest BCUT2D eigenvalue weighted by Gasteiger charge is -2.31. The fourth-order valence-corrected chi connectivity index (χ4v) is 3.23. The van der Waals surface area contributed by atoms with Crippen LogP contribution in [0.25, 0.3) is 0 Å². The number of nitrogens with zero attached hydrogens (tertiary/aromatic N) is 1. The van der Waals surface area contributed by atoms with Crippen LogP contribution in [-0.4, -0.2) is 37.6 Å². The maximum absolute atomic E-state index is 12.2. The summed E-state index contributed by atoms with van der Waals surface area (Å²) >= 11 is 0. The molecule has 1 amide bonds. The van der Waals surface area contributed by atoms with E-state index in [4.69, 9.17) is 4.74 Å². The minimum Gasteiger partial charge on any atom is -0.497 e. The predicted octanol–water partition coefficient (Wildman–Crippen LogP) is 3.51. The molecular weight excluding hydrogens is 300 g/mol. The van der Waals surface area contributed by atoms with Crippen molar-refractivity contribution in [3.63, 3.8) is 0 Å². The summed E-state index contributed by atoms with van der Waals surface area (Å²) in [7, 11) is 1.63. The van der Waals surface area contributed by atoms with E-state index in [9.17, 15) is 4.79 Å². The maximum Gasteiger partial charge on any atom is 0.238 e. The van der Waals surface area contributed by atoms with Crippen LogP contribution in [0.15, 0.2) is 54.6 Å². The monoisotopic (exact) mass is 324 g/mol. The Morgan fingerprint density at radius 1 is 1.08 bits per heavy atom. The lowest BCUT2D eigenvalue weighted by atomic mass is 9.89. The van der Waals surface area contributed by atoms with E-state index in [0.29, 0.717) is 12.5 Å². The predicted molar refractivity (Wildman–Crippen MR) is 96.5 cm³/mol. The number of hydrogen-bond donors (Lipinski definition) is 1. The van der Waals surface area contributed by atoms with Gasteiger partial charge < -0.3 is 10.1 Å². The van der Waals surface area contributed by atoms with Crippen molar-refractivity contribution in [3.05, 3.63) is 60.2 Å². The van der Waals surface area contributed by atoms with Crippen molar-refractivity contribution in [2.75, 3.05) is 32.1 Å². The quantitative estimate of drug-likeness (QED) is 0.915. The zero-order chi connectivity index (χ0) is 16.8. The van der Waals surface area contributed by atoms with Gasteiger partial charge in [-0.2, -0.15) is 0 Å². The maximum atomic E-state index is 12.2. The zero-order valence-electron chi connectivity index (χ0n) is 14.1. The number of amides is 1. The van der Waals surface area contributed by atoms with Gasteiger partial charge in [-0.25, -0.2) is 0 Å². The van der Waals surface area contributed by atoms with Gasteiger partial charge in [0.05, 0.1) is 13.7 Å². The third-order valence-electron chi connectivity index (χ3n) is 4.60. The van der Waals surface area contributed by atoms with E-state index in [-0.39, 0.29) is 5.91 Å². The van der Waals surface area contributed by atoms with Crippen LogP contribution in [0.2, 0.25) is 0 Å². The summed E-state index contributed by atoms with van der Waals surface area (Å²) in [6.07, 6.45) is 2.22. The third-order valence-corrected chi connectivity index (χ3v) is 4.60. The van der Waals surface area contributed by atoms with E-state index in [1.165, 1.54) is 5.56 Å². The summed E-state index contributed by atoms with van der Waals surface area (Å²) in [6.45, 7) is 2.39. The molecule has 1 N–H and O–H groups in total. The summed E-state index contributed by atoms with van der Waals surface area (Å²) in [4.78, 5) is 14.4. The average Bonchev–Trinajstić information content (AvgIpc) is 2.64. The average molecular weight is 324 g/mol. The number of benzene rings is 2. The highest BCUT2D eigenvalue weighted by atomic mass is 16.5. The second-order valence-electron chi connectivity index (χ2n) is 6.24. The highest BCUT2D eigenvalue weighted by molar-refractivity contribution is 5.92. The van der Waals surface area contributed by atoms with Gasteiger partial charge in [0.2, 0.25) is 5.91 Å². The van der Waals surface area contributed by atoms with Crippen LogP contribution in [0.5, 0.6) is 5.75 Å². The lowest BCUT2D eigenvalue weighted by molar-refractivity contribution is -0.117. The SMILES string of the molecule is COc1ccc(NC(=O)CN2CCC(c3ccccc3)CC2)cc1. The number of carbonyl (C=O) groups excluding carboxylic acids is 1. The molecule has 1 aliphatic heterocycles. The summed E-state index contributed by atoms with van der Waals surface area (Å²) in [5.74, 6) is 1.45. The molecule has 3 rings (SSSR count). The van der Waals surface area contributed by atoms with E-state index in [0.717, 1.165) is 37.4 Å². The number of methoxy groups -OCH3 is 1. The molecule has 0 aliphatic carbocycles. The van der Waals surface area contributed by atoms with E-state index in [1.54, 1.807) is 7.11 Å². The summed E-state index contributed by atoms with van der Waals surface area (Å²) in [6, 6.07) is 18.1. The van der Waals surface area contributed by atoms with Crippen molar-refractivity contribution >= 4 is 11.6 Å². The van der Waals surface area contributed by atoms with Gasteiger partial charge in [0.25, 0.3) is 0 Å². The van der Waals surface area contributed by atoms with Gasteiger partial charge in [-0.1, -0.05) is 30.3 Å². The first-order valence-electron chi connectivity index (χ1n) is 8.46. The lowest BCUT2D eigenvalue weighted by Crippen LogP contribution is -2.38. The molecule has 0 atom stereocenters. The van der Waals surface area contributed by atoms with Gasteiger partial charge in [-0.05, 0) is 61.7 Å². The molecule has 1 heterocycles. The van der Waals surface area contributed by atoms with Crippen molar-refractivity contribution < 1.29 is 9.53 Å². The second kappa shape index (κ2) is 7.97. The largest absolute Gasteiger partial charge is 0.497 e. The number of rotatable bonds is 5. The molecule has 1 fully saturated rings. The number of nitrogens with one attached hydrogen (secondary N) is 1. The molecule has 24 heavy (non-hydrogen) atoms. The smallest absolute Gasteiger partial charge is 0.238 e. The first-order chi connectivity index (χ1) is 11.7. The summed E-state index contributed by atoms with van der Waals surface area (Å²) in [5.41, 5.74) is 2.22. The molecule has 4 heteroatoms. The normalized spacial score (nSPS) is 15.9. The fraction of sp³-hybridized carbons (Fsp3) is 0.350. The van der Waals surface area contributed by atoms with Gasteiger partial charge in [-0.3, -0.25) is 9.69 Å². The summed E-state index contributed by atoms with van der Waals surface area (Å²) < 4.78 is 5.12. The molecule has 0 aromatic heterocycles. The first kappa shape index (κ1) is 16.5. The van der Waals surface area contributed by atoms with Crippen molar-refractivity contribution in [2.45, 2.75) is 18.8 Å². The number of anilines is 1.